The van der Waals surface area contributed by atoms with Gasteiger partial charge in [0.2, 0.25) is 0 Å². The molecule has 0 saturated heterocycles. The number of ether oxygens (including phenoxy) is 2. The highest BCUT2D eigenvalue weighted by atomic mass is 16.5. The van der Waals surface area contributed by atoms with E-state index in [4.69, 9.17) is 9.47 Å². The van der Waals surface area contributed by atoms with Crippen molar-refractivity contribution in [1.29, 1.82) is 0 Å². The molecule has 0 heterocycles. The third-order valence-electron chi connectivity index (χ3n) is 6.42. The quantitative estimate of drug-likeness (QED) is 0.520. The van der Waals surface area contributed by atoms with Crippen molar-refractivity contribution in [2.75, 3.05) is 14.2 Å². The molecular weight excluding hydrogens is 344 g/mol. The van der Waals surface area contributed by atoms with Gasteiger partial charge in [-0.3, -0.25) is 0 Å². The van der Waals surface area contributed by atoms with Crippen molar-refractivity contribution in [2.24, 2.45) is 0 Å². The summed E-state index contributed by atoms with van der Waals surface area (Å²) in [5.74, 6) is 1.02. The van der Waals surface area contributed by atoms with E-state index in [2.05, 4.69) is 81.4 Å². The van der Waals surface area contributed by atoms with E-state index in [1.54, 1.807) is 7.11 Å². The van der Waals surface area contributed by atoms with Crippen LogP contribution >= 0.6 is 0 Å². The van der Waals surface area contributed by atoms with Crippen LogP contribution in [0.1, 0.15) is 48.4 Å². The average molecular weight is 373 g/mol. The van der Waals surface area contributed by atoms with Crippen molar-refractivity contribution in [2.45, 2.75) is 38.7 Å². The first-order valence-electron chi connectivity index (χ1n) is 9.96. The molecule has 4 rings (SSSR count). The van der Waals surface area contributed by atoms with Gasteiger partial charge < -0.3 is 9.47 Å². The van der Waals surface area contributed by atoms with Crippen LogP contribution in [0.3, 0.4) is 0 Å². The molecule has 144 valence electrons. The van der Waals surface area contributed by atoms with E-state index in [0.29, 0.717) is 0 Å². The second-order valence-electron chi connectivity index (χ2n) is 7.70. The van der Waals surface area contributed by atoms with Crippen molar-refractivity contribution < 1.29 is 9.47 Å². The summed E-state index contributed by atoms with van der Waals surface area (Å²) in [5.41, 5.74) is 5.79. The average Bonchev–Trinajstić information content (AvgIpc) is 2.72. The molecule has 0 saturated carbocycles. The van der Waals surface area contributed by atoms with E-state index in [0.717, 1.165) is 17.7 Å². The number of fused-ring (bicyclic) bond motifs is 2. The molecule has 2 nitrogen and oxygen atoms in total. The zero-order valence-corrected chi connectivity index (χ0v) is 17.4. The van der Waals surface area contributed by atoms with Crippen LogP contribution in [0.15, 0.2) is 60.2 Å². The van der Waals surface area contributed by atoms with Crippen LogP contribution in [0.4, 0.5) is 0 Å². The summed E-state index contributed by atoms with van der Waals surface area (Å²) >= 11 is 0. The lowest BCUT2D eigenvalue weighted by Crippen LogP contribution is -2.42. The van der Waals surface area contributed by atoms with Gasteiger partial charge >= 0.3 is 0 Å². The summed E-state index contributed by atoms with van der Waals surface area (Å²) in [4.78, 5) is 0. The standard InChI is InChI=1S/C26H28O2/c1-6-26(28-5)18(3)16-20-12-8-10-14-22(20)24(26)23-21-13-9-7-11-19(21)15-17(2)25(23)27-4/h7-16,24H,6H2,1-5H3. The van der Waals surface area contributed by atoms with Crippen LogP contribution in [0, 0.1) is 6.92 Å². The smallest absolute Gasteiger partial charge is 0.126 e. The molecule has 0 fully saturated rings. The van der Waals surface area contributed by atoms with E-state index in [1.807, 2.05) is 7.11 Å². The normalized spacial score (nSPS) is 21.3. The third-order valence-corrected chi connectivity index (χ3v) is 6.42. The predicted molar refractivity (Wildman–Crippen MR) is 117 cm³/mol. The summed E-state index contributed by atoms with van der Waals surface area (Å²) in [7, 11) is 3.62. The molecule has 0 N–H and O–H groups in total. The fourth-order valence-corrected chi connectivity index (χ4v) is 5.09. The minimum absolute atomic E-state index is 0.0588. The molecule has 0 aliphatic heterocycles. The topological polar surface area (TPSA) is 18.5 Å². The number of aryl methyl sites for hydroxylation is 1. The molecule has 0 spiro atoms. The van der Waals surface area contributed by atoms with Crippen molar-refractivity contribution >= 4 is 16.8 Å². The van der Waals surface area contributed by atoms with Gasteiger partial charge in [-0.05, 0) is 59.4 Å². The number of hydrogen-bond acceptors (Lipinski definition) is 2. The first-order chi connectivity index (χ1) is 13.6. The van der Waals surface area contributed by atoms with Gasteiger partial charge in [0.1, 0.15) is 5.75 Å². The molecule has 28 heavy (non-hydrogen) atoms. The Morgan fingerprint density at radius 3 is 2.39 bits per heavy atom. The van der Waals surface area contributed by atoms with Crippen LogP contribution in [0.2, 0.25) is 0 Å². The number of benzene rings is 3. The second kappa shape index (κ2) is 7.10. The highest BCUT2D eigenvalue weighted by molar-refractivity contribution is 5.91. The Bertz CT molecular complexity index is 1060. The minimum Gasteiger partial charge on any atom is -0.496 e. The van der Waals surface area contributed by atoms with E-state index in [1.165, 1.54) is 33.0 Å². The summed E-state index contributed by atoms with van der Waals surface area (Å²) in [6.45, 7) is 6.54. The molecule has 3 aromatic carbocycles. The van der Waals surface area contributed by atoms with Crippen LogP contribution in [0.25, 0.3) is 16.8 Å². The van der Waals surface area contributed by atoms with Gasteiger partial charge in [-0.15, -0.1) is 0 Å². The molecule has 0 bridgehead atoms. The molecule has 0 amide bonds. The highest BCUT2D eigenvalue weighted by Crippen LogP contribution is 2.53. The minimum atomic E-state index is -0.405. The molecule has 3 aromatic rings. The van der Waals surface area contributed by atoms with Crippen LogP contribution in [-0.4, -0.2) is 19.8 Å². The Morgan fingerprint density at radius 2 is 1.68 bits per heavy atom. The lowest BCUT2D eigenvalue weighted by atomic mass is 9.66. The number of rotatable bonds is 4. The highest BCUT2D eigenvalue weighted by Gasteiger charge is 2.46. The Kier molecular flexibility index (Phi) is 4.76. The van der Waals surface area contributed by atoms with Gasteiger partial charge in [0.15, 0.2) is 0 Å². The largest absolute Gasteiger partial charge is 0.496 e. The summed E-state index contributed by atoms with van der Waals surface area (Å²) in [6.07, 6.45) is 3.17. The summed E-state index contributed by atoms with van der Waals surface area (Å²) < 4.78 is 12.3. The molecule has 1 aliphatic rings. The van der Waals surface area contributed by atoms with Gasteiger partial charge in [-0.25, -0.2) is 0 Å². The van der Waals surface area contributed by atoms with Gasteiger partial charge in [0.05, 0.1) is 12.7 Å². The maximum absolute atomic E-state index is 6.33. The van der Waals surface area contributed by atoms with E-state index < -0.39 is 5.60 Å². The summed E-state index contributed by atoms with van der Waals surface area (Å²) in [6, 6.07) is 19.5. The van der Waals surface area contributed by atoms with Gasteiger partial charge in [-0.1, -0.05) is 61.5 Å². The Morgan fingerprint density at radius 1 is 0.964 bits per heavy atom. The van der Waals surface area contributed by atoms with E-state index in [-0.39, 0.29) is 5.92 Å². The Hall–Kier alpha value is -2.58. The zero-order chi connectivity index (χ0) is 19.9. The fourth-order valence-electron chi connectivity index (χ4n) is 5.09. The molecule has 0 radical (unpaired) electrons. The number of methoxy groups -OCH3 is 2. The zero-order valence-electron chi connectivity index (χ0n) is 17.4. The van der Waals surface area contributed by atoms with Crippen molar-refractivity contribution in [3.05, 3.63) is 82.4 Å². The first kappa shape index (κ1) is 18.8. The van der Waals surface area contributed by atoms with E-state index >= 15 is 0 Å². The Labute approximate surface area is 167 Å². The molecule has 2 heteroatoms. The van der Waals surface area contributed by atoms with Gasteiger partial charge in [0.25, 0.3) is 0 Å². The molecule has 0 aromatic heterocycles. The van der Waals surface area contributed by atoms with Crippen molar-refractivity contribution in [3.63, 3.8) is 0 Å². The lowest BCUT2D eigenvalue weighted by molar-refractivity contribution is 0.00418. The second-order valence-corrected chi connectivity index (χ2v) is 7.70. The third kappa shape index (κ3) is 2.59. The van der Waals surface area contributed by atoms with Crippen molar-refractivity contribution in [3.8, 4) is 5.75 Å². The summed E-state index contributed by atoms with van der Waals surface area (Å²) in [5, 5.41) is 2.47. The monoisotopic (exact) mass is 372 g/mol. The fraction of sp³-hybridized carbons (Fsp3) is 0.308. The first-order valence-corrected chi connectivity index (χ1v) is 9.96. The Balaban J connectivity index is 2.16. The molecule has 1 aliphatic carbocycles. The molecular formula is C26H28O2. The molecule has 2 unspecified atom stereocenters. The van der Waals surface area contributed by atoms with Gasteiger partial charge in [-0.2, -0.15) is 0 Å². The predicted octanol–water partition coefficient (Wildman–Crippen LogP) is 6.50. The van der Waals surface area contributed by atoms with Crippen molar-refractivity contribution in [1.82, 2.24) is 0 Å². The van der Waals surface area contributed by atoms with Crippen LogP contribution in [-0.2, 0) is 4.74 Å². The maximum Gasteiger partial charge on any atom is 0.126 e. The van der Waals surface area contributed by atoms with Crippen LogP contribution < -0.4 is 4.74 Å². The molecule has 2 atom stereocenters. The SMILES string of the molecule is CCC1(OC)C(C)=Cc2ccccc2C1c1c(OC)c(C)cc2ccccc12. The number of hydrogen-bond donors (Lipinski definition) is 0. The van der Waals surface area contributed by atoms with Crippen LogP contribution in [0.5, 0.6) is 5.75 Å². The lowest BCUT2D eigenvalue weighted by Gasteiger charge is -2.45. The van der Waals surface area contributed by atoms with Gasteiger partial charge in [0, 0.05) is 18.6 Å². The van der Waals surface area contributed by atoms with E-state index in [9.17, 15) is 0 Å². The maximum atomic E-state index is 6.33.